The molecule has 0 radical (unpaired) electrons. The molecule has 5 heteroatoms. The molecule has 2 aromatic heterocycles. The molecule has 0 aliphatic rings. The van der Waals surface area contributed by atoms with Gasteiger partial charge in [0.05, 0.1) is 0 Å². The molecule has 16 heavy (non-hydrogen) atoms. The third-order valence-electron chi connectivity index (χ3n) is 2.17. The summed E-state index contributed by atoms with van der Waals surface area (Å²) in [7, 11) is 0. The highest BCUT2D eigenvalue weighted by Gasteiger charge is 2.07. The molecule has 0 saturated heterocycles. The van der Waals surface area contributed by atoms with Crippen molar-refractivity contribution in [3.8, 4) is 10.7 Å². The Morgan fingerprint density at radius 3 is 2.94 bits per heavy atom. The summed E-state index contributed by atoms with van der Waals surface area (Å²) in [6.07, 6.45) is 1.86. The number of nitrogens with zero attached hydrogens (tertiary/aromatic N) is 3. The van der Waals surface area contributed by atoms with E-state index >= 15 is 0 Å². The lowest BCUT2D eigenvalue weighted by Crippen LogP contribution is -1.99. The van der Waals surface area contributed by atoms with E-state index < -0.39 is 0 Å². The summed E-state index contributed by atoms with van der Waals surface area (Å²) in [5, 5.41) is 10.2. The number of rotatable bonds is 4. The predicted molar refractivity (Wildman–Crippen MR) is 65.3 cm³/mol. The molecule has 0 bridgehead atoms. The van der Waals surface area contributed by atoms with Gasteiger partial charge >= 0.3 is 0 Å². The fraction of sp³-hybridized carbons (Fsp3) is 0.364. The van der Waals surface area contributed by atoms with Gasteiger partial charge in [-0.2, -0.15) is 0 Å². The van der Waals surface area contributed by atoms with Gasteiger partial charge < -0.3 is 5.73 Å². The van der Waals surface area contributed by atoms with Gasteiger partial charge in [0.25, 0.3) is 0 Å². The second-order valence-electron chi connectivity index (χ2n) is 3.56. The molecular weight excluding hydrogens is 220 g/mol. The fourth-order valence-corrected chi connectivity index (χ4v) is 2.22. The molecule has 84 valence electrons. The minimum atomic E-state index is 0.692. The maximum absolute atomic E-state index is 5.46. The van der Waals surface area contributed by atoms with Gasteiger partial charge in [0.15, 0.2) is 5.01 Å². The second-order valence-corrected chi connectivity index (χ2v) is 4.62. The van der Waals surface area contributed by atoms with E-state index in [0.717, 1.165) is 34.2 Å². The van der Waals surface area contributed by atoms with Gasteiger partial charge in [0, 0.05) is 12.1 Å². The molecule has 0 fully saturated rings. The zero-order valence-electron chi connectivity index (χ0n) is 9.18. The van der Waals surface area contributed by atoms with Crippen LogP contribution in [0.5, 0.6) is 0 Å². The standard InChI is InChI=1S/C11H14N4S/c1-8-4-2-5-9(13-8)11-15-14-10(16-11)6-3-7-12/h2,4-5H,3,6-7,12H2,1H3. The van der Waals surface area contributed by atoms with E-state index in [1.165, 1.54) is 0 Å². The van der Waals surface area contributed by atoms with Gasteiger partial charge in [0.1, 0.15) is 10.7 Å². The van der Waals surface area contributed by atoms with Crippen molar-refractivity contribution < 1.29 is 0 Å². The molecule has 2 N–H and O–H groups in total. The van der Waals surface area contributed by atoms with Crippen molar-refractivity contribution in [3.05, 3.63) is 28.9 Å². The van der Waals surface area contributed by atoms with Crippen molar-refractivity contribution in [3.63, 3.8) is 0 Å². The van der Waals surface area contributed by atoms with Gasteiger partial charge in [-0.15, -0.1) is 10.2 Å². The van der Waals surface area contributed by atoms with Gasteiger partial charge in [-0.05, 0) is 32.0 Å². The largest absolute Gasteiger partial charge is 0.330 e. The van der Waals surface area contributed by atoms with Crippen molar-refractivity contribution in [2.75, 3.05) is 6.54 Å². The van der Waals surface area contributed by atoms with E-state index in [1.54, 1.807) is 11.3 Å². The SMILES string of the molecule is Cc1cccc(-c2nnc(CCCN)s2)n1. The summed E-state index contributed by atoms with van der Waals surface area (Å²) < 4.78 is 0. The van der Waals surface area contributed by atoms with E-state index in [4.69, 9.17) is 5.73 Å². The smallest absolute Gasteiger partial charge is 0.166 e. The average Bonchev–Trinajstić information content (AvgIpc) is 2.75. The van der Waals surface area contributed by atoms with Crippen LogP contribution in [0.15, 0.2) is 18.2 Å². The maximum atomic E-state index is 5.46. The monoisotopic (exact) mass is 234 g/mol. The summed E-state index contributed by atoms with van der Waals surface area (Å²) in [4.78, 5) is 4.42. The van der Waals surface area contributed by atoms with Gasteiger partial charge in [-0.25, -0.2) is 0 Å². The second kappa shape index (κ2) is 5.14. The topological polar surface area (TPSA) is 64.7 Å². The Kier molecular flexibility index (Phi) is 3.58. The average molecular weight is 234 g/mol. The molecule has 2 aromatic rings. The molecule has 0 unspecified atom stereocenters. The Morgan fingerprint density at radius 1 is 1.31 bits per heavy atom. The van der Waals surface area contributed by atoms with Crippen LogP contribution in [-0.2, 0) is 6.42 Å². The van der Waals surface area contributed by atoms with Crippen LogP contribution in [0.2, 0.25) is 0 Å². The third-order valence-corrected chi connectivity index (χ3v) is 3.17. The van der Waals surface area contributed by atoms with Crippen molar-refractivity contribution in [1.29, 1.82) is 0 Å². The minimum absolute atomic E-state index is 0.692. The molecule has 0 atom stereocenters. The van der Waals surface area contributed by atoms with Crippen molar-refractivity contribution >= 4 is 11.3 Å². The zero-order valence-corrected chi connectivity index (χ0v) is 10.00. The lowest BCUT2D eigenvalue weighted by Gasteiger charge is -1.95. The lowest BCUT2D eigenvalue weighted by atomic mass is 10.3. The number of aromatic nitrogens is 3. The van der Waals surface area contributed by atoms with Crippen molar-refractivity contribution in [1.82, 2.24) is 15.2 Å². The van der Waals surface area contributed by atoms with Crippen molar-refractivity contribution in [2.45, 2.75) is 19.8 Å². The van der Waals surface area contributed by atoms with Gasteiger partial charge in [0.2, 0.25) is 0 Å². The molecule has 4 nitrogen and oxygen atoms in total. The van der Waals surface area contributed by atoms with Crippen LogP contribution >= 0.6 is 11.3 Å². The Hall–Kier alpha value is -1.33. The highest BCUT2D eigenvalue weighted by molar-refractivity contribution is 7.14. The first-order chi connectivity index (χ1) is 7.79. The zero-order chi connectivity index (χ0) is 11.4. The van der Waals surface area contributed by atoms with Crippen LogP contribution in [0, 0.1) is 6.92 Å². The molecule has 0 aliphatic heterocycles. The molecule has 0 amide bonds. The first-order valence-electron chi connectivity index (χ1n) is 5.26. The molecule has 0 saturated carbocycles. The Balaban J connectivity index is 2.18. The van der Waals surface area contributed by atoms with Crippen LogP contribution in [0.4, 0.5) is 0 Å². The predicted octanol–water partition coefficient (Wildman–Crippen LogP) is 1.80. The number of hydrogen-bond donors (Lipinski definition) is 1. The van der Waals surface area contributed by atoms with Crippen LogP contribution < -0.4 is 5.73 Å². The quantitative estimate of drug-likeness (QED) is 0.876. The lowest BCUT2D eigenvalue weighted by molar-refractivity contribution is 0.812. The Bertz CT molecular complexity index is 467. The highest BCUT2D eigenvalue weighted by atomic mass is 32.1. The number of aryl methyl sites for hydroxylation is 2. The van der Waals surface area contributed by atoms with Crippen LogP contribution in [0.25, 0.3) is 10.7 Å². The van der Waals surface area contributed by atoms with Gasteiger partial charge in [-0.3, -0.25) is 4.98 Å². The summed E-state index contributed by atoms with van der Waals surface area (Å²) in [5.41, 5.74) is 7.35. The molecule has 2 rings (SSSR count). The van der Waals surface area contributed by atoms with E-state index in [0.29, 0.717) is 6.54 Å². The van der Waals surface area contributed by atoms with E-state index in [9.17, 15) is 0 Å². The minimum Gasteiger partial charge on any atom is -0.330 e. The molecular formula is C11H14N4S. The van der Waals surface area contributed by atoms with E-state index in [2.05, 4.69) is 15.2 Å². The normalized spacial score (nSPS) is 10.6. The Morgan fingerprint density at radius 2 is 2.19 bits per heavy atom. The summed E-state index contributed by atoms with van der Waals surface area (Å²) >= 11 is 1.59. The van der Waals surface area contributed by atoms with E-state index in [-0.39, 0.29) is 0 Å². The first-order valence-corrected chi connectivity index (χ1v) is 6.07. The summed E-state index contributed by atoms with van der Waals surface area (Å²) in [6, 6.07) is 5.92. The molecule has 2 heterocycles. The van der Waals surface area contributed by atoms with Crippen LogP contribution in [-0.4, -0.2) is 21.7 Å². The fourth-order valence-electron chi connectivity index (χ4n) is 1.37. The molecule has 0 aliphatic carbocycles. The number of nitrogens with two attached hydrogens (primary N) is 1. The number of hydrogen-bond acceptors (Lipinski definition) is 5. The van der Waals surface area contributed by atoms with E-state index in [1.807, 2.05) is 25.1 Å². The van der Waals surface area contributed by atoms with Gasteiger partial charge in [-0.1, -0.05) is 17.4 Å². The summed E-state index contributed by atoms with van der Waals surface area (Å²) in [6.45, 7) is 2.66. The number of pyridine rings is 1. The van der Waals surface area contributed by atoms with Crippen LogP contribution in [0.1, 0.15) is 17.1 Å². The first kappa shape index (κ1) is 11.2. The molecule has 0 aromatic carbocycles. The molecule has 0 spiro atoms. The van der Waals surface area contributed by atoms with Crippen LogP contribution in [0.3, 0.4) is 0 Å². The Labute approximate surface area is 98.6 Å². The third kappa shape index (κ3) is 2.62. The van der Waals surface area contributed by atoms with Crippen molar-refractivity contribution in [2.24, 2.45) is 5.73 Å². The summed E-state index contributed by atoms with van der Waals surface area (Å²) in [5.74, 6) is 0. The highest BCUT2D eigenvalue weighted by Crippen LogP contribution is 2.22. The maximum Gasteiger partial charge on any atom is 0.166 e.